The highest BCUT2D eigenvalue weighted by atomic mass is 35.5. The van der Waals surface area contributed by atoms with Crippen LogP contribution in [0.15, 0.2) is 59.8 Å². The van der Waals surface area contributed by atoms with Crippen LogP contribution in [-0.4, -0.2) is 42.0 Å². The number of carbonyl (C=O) groups is 4. The predicted molar refractivity (Wildman–Crippen MR) is 128 cm³/mol. The Morgan fingerprint density at radius 2 is 1.80 bits per heavy atom. The van der Waals surface area contributed by atoms with Crippen molar-refractivity contribution in [2.45, 2.75) is 32.4 Å². The zero-order valence-corrected chi connectivity index (χ0v) is 20.2. The van der Waals surface area contributed by atoms with E-state index in [1.807, 2.05) is 19.1 Å². The fourth-order valence-electron chi connectivity index (χ4n) is 4.41. The summed E-state index contributed by atoms with van der Waals surface area (Å²) >= 11 is 6.00. The number of rotatable bonds is 6. The highest BCUT2D eigenvalue weighted by molar-refractivity contribution is 6.30. The van der Waals surface area contributed by atoms with Crippen LogP contribution in [0.1, 0.15) is 36.6 Å². The summed E-state index contributed by atoms with van der Waals surface area (Å²) in [7, 11) is 0. The number of urea groups is 2. The van der Waals surface area contributed by atoms with Crippen LogP contribution in [0.5, 0.6) is 0 Å². The average molecular weight is 497 g/mol. The summed E-state index contributed by atoms with van der Waals surface area (Å²) in [5, 5.41) is 8.56. The van der Waals surface area contributed by atoms with Crippen molar-refractivity contribution in [1.82, 2.24) is 20.9 Å². The first-order valence-corrected chi connectivity index (χ1v) is 11.5. The van der Waals surface area contributed by atoms with Crippen molar-refractivity contribution in [3.05, 3.63) is 81.5 Å². The third kappa shape index (κ3) is 4.46. The van der Waals surface area contributed by atoms with E-state index >= 15 is 0 Å². The van der Waals surface area contributed by atoms with Crippen LogP contribution >= 0.6 is 11.6 Å². The van der Waals surface area contributed by atoms with Crippen LogP contribution in [0.2, 0.25) is 5.02 Å². The first-order valence-electron chi connectivity index (χ1n) is 11.1. The molecular weight excluding hydrogens is 472 g/mol. The smallest absolute Gasteiger partial charge is 0.338 e. The molecule has 4 rings (SSSR count). The monoisotopic (exact) mass is 496 g/mol. The molecule has 2 heterocycles. The maximum atomic E-state index is 13.5. The second-order valence-corrected chi connectivity index (χ2v) is 8.89. The van der Waals surface area contributed by atoms with Gasteiger partial charge in [-0.2, -0.15) is 0 Å². The van der Waals surface area contributed by atoms with Gasteiger partial charge >= 0.3 is 18.0 Å². The molecule has 0 spiro atoms. The van der Waals surface area contributed by atoms with Crippen molar-refractivity contribution < 1.29 is 23.9 Å². The summed E-state index contributed by atoms with van der Waals surface area (Å²) in [5.74, 6) is -1.17. The van der Waals surface area contributed by atoms with E-state index in [1.165, 1.54) is 0 Å². The van der Waals surface area contributed by atoms with Crippen molar-refractivity contribution in [2.24, 2.45) is 0 Å². The van der Waals surface area contributed by atoms with E-state index < -0.39 is 35.5 Å². The van der Waals surface area contributed by atoms with Crippen molar-refractivity contribution in [1.29, 1.82) is 0 Å². The Balaban J connectivity index is 1.75. The summed E-state index contributed by atoms with van der Waals surface area (Å²) in [4.78, 5) is 53.0. The zero-order valence-electron chi connectivity index (χ0n) is 19.5. The molecule has 5 amide bonds. The summed E-state index contributed by atoms with van der Waals surface area (Å²) < 4.78 is 5.25. The molecule has 2 aromatic carbocycles. The van der Waals surface area contributed by atoms with Gasteiger partial charge in [0, 0.05) is 5.02 Å². The molecule has 0 saturated carbocycles. The standard InChI is InChI=1S/C25H25ClN4O5/c1-4-35-21(31)19-18(27-23(33)28-20(19)15-9-11-16(26)12-10-15)13-30-22(32)25(3,29-24(30)34)17-8-6-5-7-14(17)2/h5-12,20H,4,13H2,1-3H3,(H,29,34)(H2,27,28,33). The number of ether oxygens (including phenoxy) is 1. The van der Waals surface area contributed by atoms with Crippen molar-refractivity contribution in [3.8, 4) is 0 Å². The van der Waals surface area contributed by atoms with E-state index in [0.29, 0.717) is 16.1 Å². The Bertz CT molecular complexity index is 1240. The third-order valence-corrected chi connectivity index (χ3v) is 6.38. The van der Waals surface area contributed by atoms with Gasteiger partial charge in [0.15, 0.2) is 0 Å². The summed E-state index contributed by atoms with van der Waals surface area (Å²) in [6.07, 6.45) is 0. The molecule has 9 nitrogen and oxygen atoms in total. The van der Waals surface area contributed by atoms with Gasteiger partial charge in [-0.1, -0.05) is 48.0 Å². The van der Waals surface area contributed by atoms with Gasteiger partial charge in [-0.05, 0) is 49.6 Å². The lowest BCUT2D eigenvalue weighted by Gasteiger charge is -2.31. The number of hydrogen-bond acceptors (Lipinski definition) is 5. The van der Waals surface area contributed by atoms with E-state index in [9.17, 15) is 19.2 Å². The lowest BCUT2D eigenvalue weighted by atomic mass is 9.88. The van der Waals surface area contributed by atoms with E-state index in [2.05, 4.69) is 16.0 Å². The number of amides is 5. The molecule has 0 radical (unpaired) electrons. The Hall–Kier alpha value is -3.85. The molecule has 2 aliphatic heterocycles. The number of nitrogens with one attached hydrogen (secondary N) is 3. The van der Waals surface area contributed by atoms with E-state index in [0.717, 1.165) is 10.5 Å². The van der Waals surface area contributed by atoms with Crippen LogP contribution in [0.4, 0.5) is 9.59 Å². The Morgan fingerprint density at radius 3 is 2.46 bits per heavy atom. The van der Waals surface area contributed by atoms with E-state index in [-0.39, 0.29) is 24.4 Å². The van der Waals surface area contributed by atoms with Gasteiger partial charge in [-0.25, -0.2) is 14.4 Å². The average Bonchev–Trinajstić information content (AvgIpc) is 3.03. The highest BCUT2D eigenvalue weighted by Crippen LogP contribution is 2.33. The summed E-state index contributed by atoms with van der Waals surface area (Å²) in [6, 6.07) is 11.8. The molecule has 10 heteroatoms. The van der Waals surface area contributed by atoms with Crippen LogP contribution in [0, 0.1) is 6.92 Å². The fourth-order valence-corrected chi connectivity index (χ4v) is 4.54. The molecule has 3 N–H and O–H groups in total. The molecule has 2 aromatic rings. The van der Waals surface area contributed by atoms with Gasteiger partial charge in [0.2, 0.25) is 0 Å². The molecule has 0 bridgehead atoms. The minimum Gasteiger partial charge on any atom is -0.463 e. The quantitative estimate of drug-likeness (QED) is 0.419. The van der Waals surface area contributed by atoms with Gasteiger partial charge in [0.1, 0.15) is 5.54 Å². The zero-order chi connectivity index (χ0) is 25.3. The van der Waals surface area contributed by atoms with E-state index in [4.69, 9.17) is 16.3 Å². The molecule has 182 valence electrons. The van der Waals surface area contributed by atoms with Crippen molar-refractivity contribution in [2.75, 3.05) is 13.2 Å². The second-order valence-electron chi connectivity index (χ2n) is 8.46. The number of halogens is 1. The third-order valence-electron chi connectivity index (χ3n) is 6.13. The Kier molecular flexibility index (Phi) is 6.53. The van der Waals surface area contributed by atoms with Gasteiger partial charge in [-0.15, -0.1) is 0 Å². The van der Waals surface area contributed by atoms with Gasteiger partial charge in [0.25, 0.3) is 5.91 Å². The van der Waals surface area contributed by atoms with Crippen LogP contribution in [-0.2, 0) is 19.9 Å². The summed E-state index contributed by atoms with van der Waals surface area (Å²) in [5.41, 5.74) is 0.999. The second kappa shape index (κ2) is 9.42. The highest BCUT2D eigenvalue weighted by Gasteiger charge is 2.50. The first kappa shape index (κ1) is 24.3. The number of nitrogens with zero attached hydrogens (tertiary/aromatic N) is 1. The maximum Gasteiger partial charge on any atom is 0.338 e. The number of esters is 1. The van der Waals surface area contributed by atoms with Crippen LogP contribution in [0.3, 0.4) is 0 Å². The molecule has 0 aliphatic carbocycles. The van der Waals surface area contributed by atoms with Crippen LogP contribution in [0.25, 0.3) is 0 Å². The molecular formula is C25H25ClN4O5. The molecule has 1 fully saturated rings. The number of carbonyl (C=O) groups excluding carboxylic acids is 4. The number of hydrogen-bond donors (Lipinski definition) is 3. The van der Waals surface area contributed by atoms with Gasteiger partial charge in [0.05, 0.1) is 30.5 Å². The Labute approximate surface area is 207 Å². The molecule has 2 aliphatic rings. The first-order chi connectivity index (χ1) is 16.7. The van der Waals surface area contributed by atoms with Gasteiger partial charge in [-0.3, -0.25) is 9.69 Å². The lowest BCUT2D eigenvalue weighted by Crippen LogP contribution is -2.49. The normalized spacial score (nSPS) is 22.0. The minimum absolute atomic E-state index is 0.0962. The molecule has 2 atom stereocenters. The molecule has 0 aromatic heterocycles. The molecule has 1 saturated heterocycles. The lowest BCUT2D eigenvalue weighted by molar-refractivity contribution is -0.139. The predicted octanol–water partition coefficient (Wildman–Crippen LogP) is 3.29. The fraction of sp³-hybridized carbons (Fsp3) is 0.280. The SMILES string of the molecule is CCOC(=O)C1=C(CN2C(=O)NC(C)(c3ccccc3C)C2=O)NC(=O)NC1c1ccc(Cl)cc1. The van der Waals surface area contributed by atoms with Gasteiger partial charge < -0.3 is 20.7 Å². The number of imide groups is 1. The summed E-state index contributed by atoms with van der Waals surface area (Å²) in [6.45, 7) is 4.93. The number of aryl methyl sites for hydroxylation is 1. The Morgan fingerprint density at radius 1 is 1.11 bits per heavy atom. The molecule has 35 heavy (non-hydrogen) atoms. The topological polar surface area (TPSA) is 117 Å². The molecule has 2 unspecified atom stereocenters. The minimum atomic E-state index is -1.29. The van der Waals surface area contributed by atoms with Crippen LogP contribution < -0.4 is 16.0 Å². The van der Waals surface area contributed by atoms with E-state index in [1.54, 1.807) is 50.2 Å². The maximum absolute atomic E-state index is 13.5. The van der Waals surface area contributed by atoms with Crippen molar-refractivity contribution in [3.63, 3.8) is 0 Å². The largest absolute Gasteiger partial charge is 0.463 e. The number of benzene rings is 2. The van der Waals surface area contributed by atoms with Crippen molar-refractivity contribution >= 4 is 35.5 Å².